The minimum atomic E-state index is -3.29. The summed E-state index contributed by atoms with van der Waals surface area (Å²) in [4.78, 5) is 0. The average Bonchev–Trinajstić information content (AvgIpc) is 2.46. The highest BCUT2D eigenvalue weighted by atomic mass is 32.2. The van der Waals surface area contributed by atoms with Crippen LogP contribution in [0.15, 0.2) is 24.3 Å². The van der Waals surface area contributed by atoms with Crippen molar-refractivity contribution in [2.75, 3.05) is 25.5 Å². The van der Waals surface area contributed by atoms with Crippen LogP contribution < -0.4 is 0 Å². The summed E-state index contributed by atoms with van der Waals surface area (Å²) in [5, 5.41) is 0. The Hall–Kier alpha value is -0.980. The van der Waals surface area contributed by atoms with Gasteiger partial charge in [-0.3, -0.25) is 0 Å². The fraction of sp³-hybridized carbons (Fsp3) is 0.571. The quantitative estimate of drug-likeness (QED) is 0.838. The number of sulfonamides is 1. The second-order valence-electron chi connectivity index (χ2n) is 4.92. The number of ether oxygens (including phenoxy) is 1. The first-order valence-electron chi connectivity index (χ1n) is 6.87. The summed E-state index contributed by atoms with van der Waals surface area (Å²) in [6.07, 6.45) is 1.49. The van der Waals surface area contributed by atoms with Gasteiger partial charge in [-0.25, -0.2) is 12.8 Å². The van der Waals surface area contributed by atoms with E-state index >= 15 is 0 Å². The summed E-state index contributed by atoms with van der Waals surface area (Å²) in [6, 6.07) is 5.58. The van der Waals surface area contributed by atoms with E-state index in [1.54, 1.807) is 12.1 Å². The van der Waals surface area contributed by atoms with E-state index in [1.807, 2.05) is 6.92 Å². The summed E-state index contributed by atoms with van der Waals surface area (Å²) in [7, 11) is -3.29. The molecule has 4 nitrogen and oxygen atoms in total. The fourth-order valence-electron chi connectivity index (χ4n) is 2.31. The topological polar surface area (TPSA) is 46.6 Å². The molecule has 0 aliphatic carbocycles. The average molecular weight is 301 g/mol. The number of rotatable bonds is 5. The van der Waals surface area contributed by atoms with Gasteiger partial charge in [0.05, 0.1) is 25.0 Å². The molecule has 112 valence electrons. The monoisotopic (exact) mass is 301 g/mol. The summed E-state index contributed by atoms with van der Waals surface area (Å²) >= 11 is 0. The molecule has 1 heterocycles. The first-order chi connectivity index (χ1) is 9.54. The highest BCUT2D eigenvalue weighted by Gasteiger charge is 2.33. The van der Waals surface area contributed by atoms with E-state index in [0.29, 0.717) is 26.2 Å². The molecular formula is C14H20FNO3S. The molecule has 0 radical (unpaired) electrons. The lowest BCUT2D eigenvalue weighted by Crippen LogP contribution is -2.44. The predicted molar refractivity (Wildman–Crippen MR) is 75.4 cm³/mol. The van der Waals surface area contributed by atoms with E-state index in [4.69, 9.17) is 4.74 Å². The Kier molecular flexibility index (Phi) is 5.12. The molecule has 2 rings (SSSR count). The van der Waals surface area contributed by atoms with E-state index < -0.39 is 10.0 Å². The predicted octanol–water partition coefficient (Wildman–Crippen LogP) is 2.33. The molecular weight excluding hydrogens is 281 g/mol. The van der Waals surface area contributed by atoms with E-state index in [2.05, 4.69) is 0 Å². The molecule has 6 heteroatoms. The number of halogens is 1. The molecule has 1 unspecified atom stereocenters. The Morgan fingerprint density at radius 1 is 1.35 bits per heavy atom. The maximum absolute atomic E-state index is 13.0. The van der Waals surface area contributed by atoms with Gasteiger partial charge in [-0.05, 0) is 24.1 Å². The maximum Gasteiger partial charge on any atom is 0.214 e. The zero-order chi connectivity index (χ0) is 14.6. The number of nitrogens with zero attached hydrogens (tertiary/aromatic N) is 1. The van der Waals surface area contributed by atoms with Crippen molar-refractivity contribution in [2.24, 2.45) is 0 Å². The SMILES string of the molecule is CCCCS(=O)(=O)N1CCOCC1c1ccc(F)cc1. The Morgan fingerprint density at radius 3 is 2.70 bits per heavy atom. The van der Waals surface area contributed by atoms with Crippen LogP contribution in [0.2, 0.25) is 0 Å². The maximum atomic E-state index is 13.0. The minimum absolute atomic E-state index is 0.154. The first-order valence-corrected chi connectivity index (χ1v) is 8.48. The molecule has 0 amide bonds. The third-order valence-electron chi connectivity index (χ3n) is 3.45. The number of hydrogen-bond donors (Lipinski definition) is 0. The van der Waals surface area contributed by atoms with Gasteiger partial charge in [-0.15, -0.1) is 0 Å². The van der Waals surface area contributed by atoms with Crippen molar-refractivity contribution in [3.63, 3.8) is 0 Å². The molecule has 0 spiro atoms. The van der Waals surface area contributed by atoms with Gasteiger partial charge in [0.1, 0.15) is 5.82 Å². The molecule has 20 heavy (non-hydrogen) atoms. The lowest BCUT2D eigenvalue weighted by Gasteiger charge is -2.34. The molecule has 1 atom stereocenters. The van der Waals surface area contributed by atoms with Crippen molar-refractivity contribution in [2.45, 2.75) is 25.8 Å². The molecule has 0 saturated carbocycles. The van der Waals surface area contributed by atoms with E-state index in [-0.39, 0.29) is 17.6 Å². The zero-order valence-electron chi connectivity index (χ0n) is 11.6. The number of hydrogen-bond acceptors (Lipinski definition) is 3. The minimum Gasteiger partial charge on any atom is -0.378 e. The normalized spacial score (nSPS) is 21.0. The van der Waals surface area contributed by atoms with Crippen LogP contribution in [0.1, 0.15) is 31.4 Å². The molecule has 0 aromatic heterocycles. The number of morpholine rings is 1. The fourth-order valence-corrected chi connectivity index (χ4v) is 4.12. The van der Waals surface area contributed by atoms with Crippen molar-refractivity contribution in [3.8, 4) is 0 Å². The third-order valence-corrected chi connectivity index (χ3v) is 5.40. The summed E-state index contributed by atoms with van der Waals surface area (Å²) in [6.45, 7) is 3.04. The van der Waals surface area contributed by atoms with Crippen molar-refractivity contribution >= 4 is 10.0 Å². The largest absolute Gasteiger partial charge is 0.378 e. The molecule has 1 aliphatic rings. The molecule has 1 aromatic carbocycles. The molecule has 1 aromatic rings. The lowest BCUT2D eigenvalue weighted by atomic mass is 10.1. The summed E-state index contributed by atoms with van der Waals surface area (Å²) in [5.41, 5.74) is 0.770. The van der Waals surface area contributed by atoms with Crippen LogP contribution in [0.5, 0.6) is 0 Å². The van der Waals surface area contributed by atoms with Crippen molar-refractivity contribution in [3.05, 3.63) is 35.6 Å². The van der Waals surface area contributed by atoms with Crippen molar-refractivity contribution in [1.82, 2.24) is 4.31 Å². The van der Waals surface area contributed by atoms with Crippen LogP contribution >= 0.6 is 0 Å². The Labute approximate surface area is 119 Å². The van der Waals surface area contributed by atoms with Crippen LogP contribution in [-0.2, 0) is 14.8 Å². The summed E-state index contributed by atoms with van der Waals surface area (Å²) in [5.74, 6) is -0.174. The second kappa shape index (κ2) is 6.65. The van der Waals surface area contributed by atoms with Gasteiger partial charge in [-0.2, -0.15) is 4.31 Å². The van der Waals surface area contributed by atoms with Gasteiger partial charge >= 0.3 is 0 Å². The molecule has 1 saturated heterocycles. The van der Waals surface area contributed by atoms with Crippen molar-refractivity contribution in [1.29, 1.82) is 0 Å². The van der Waals surface area contributed by atoms with Crippen LogP contribution in [0.3, 0.4) is 0 Å². The molecule has 1 fully saturated rings. The Balaban J connectivity index is 2.23. The summed E-state index contributed by atoms with van der Waals surface area (Å²) < 4.78 is 44.7. The van der Waals surface area contributed by atoms with Gasteiger partial charge in [0.2, 0.25) is 10.0 Å². The third kappa shape index (κ3) is 3.56. The Bertz CT molecular complexity index is 530. The Morgan fingerprint density at radius 2 is 2.05 bits per heavy atom. The van der Waals surface area contributed by atoms with E-state index in [9.17, 15) is 12.8 Å². The van der Waals surface area contributed by atoms with Gasteiger partial charge in [-0.1, -0.05) is 25.5 Å². The van der Waals surface area contributed by atoms with Gasteiger partial charge < -0.3 is 4.74 Å². The second-order valence-corrected chi connectivity index (χ2v) is 6.96. The highest BCUT2D eigenvalue weighted by molar-refractivity contribution is 7.89. The van der Waals surface area contributed by atoms with Crippen LogP contribution in [0, 0.1) is 5.82 Å². The van der Waals surface area contributed by atoms with Gasteiger partial charge in [0.15, 0.2) is 0 Å². The molecule has 0 N–H and O–H groups in total. The highest BCUT2D eigenvalue weighted by Crippen LogP contribution is 2.27. The van der Waals surface area contributed by atoms with E-state index in [0.717, 1.165) is 12.0 Å². The van der Waals surface area contributed by atoms with Crippen molar-refractivity contribution < 1.29 is 17.5 Å². The van der Waals surface area contributed by atoms with E-state index in [1.165, 1.54) is 16.4 Å². The van der Waals surface area contributed by atoms with Crippen LogP contribution in [-0.4, -0.2) is 38.2 Å². The van der Waals surface area contributed by atoms with Gasteiger partial charge in [0, 0.05) is 6.54 Å². The van der Waals surface area contributed by atoms with Crippen LogP contribution in [0.25, 0.3) is 0 Å². The molecule has 0 bridgehead atoms. The molecule has 1 aliphatic heterocycles. The van der Waals surface area contributed by atoms with Crippen LogP contribution in [0.4, 0.5) is 4.39 Å². The number of unbranched alkanes of at least 4 members (excludes halogenated alkanes) is 1. The first kappa shape index (κ1) is 15.4. The van der Waals surface area contributed by atoms with Gasteiger partial charge in [0.25, 0.3) is 0 Å². The zero-order valence-corrected chi connectivity index (χ0v) is 12.4. The number of benzene rings is 1. The standard InChI is InChI=1S/C14H20FNO3S/c1-2-3-10-20(17,18)16-8-9-19-11-14(16)12-4-6-13(15)7-5-12/h4-7,14H,2-3,8-11H2,1H3. The lowest BCUT2D eigenvalue weighted by molar-refractivity contribution is 0.0320. The smallest absolute Gasteiger partial charge is 0.214 e.